The maximum absolute atomic E-state index is 9.09. The van der Waals surface area contributed by atoms with Gasteiger partial charge < -0.3 is 19.7 Å². The first-order chi connectivity index (χ1) is 12.8. The summed E-state index contributed by atoms with van der Waals surface area (Å²) in [5.41, 5.74) is 0. The first kappa shape index (κ1) is 25.8. The van der Waals surface area contributed by atoms with E-state index in [1.54, 1.807) is 0 Å². The fraction of sp³-hybridized carbons (Fsp3) is 1.00. The number of unbranched alkanes of at least 4 members (excludes halogenated alkanes) is 14. The molecular formula is C22H46O4. The Hall–Kier alpha value is -0.160. The summed E-state index contributed by atoms with van der Waals surface area (Å²) in [5, 5.41) is 17.7. The molecule has 4 nitrogen and oxygen atoms in total. The Morgan fingerprint density at radius 3 is 1.46 bits per heavy atom. The lowest BCUT2D eigenvalue weighted by Gasteiger charge is -2.08. The third-order valence-electron chi connectivity index (χ3n) is 4.79. The van der Waals surface area contributed by atoms with Crippen LogP contribution in [0, 0.1) is 0 Å². The minimum absolute atomic E-state index is 0.179. The molecule has 0 bridgehead atoms. The molecule has 0 fully saturated rings. The highest BCUT2D eigenvalue weighted by molar-refractivity contribution is 4.50. The van der Waals surface area contributed by atoms with Crippen LogP contribution in [0.4, 0.5) is 0 Å². The highest BCUT2D eigenvalue weighted by Crippen LogP contribution is 2.13. The van der Waals surface area contributed by atoms with Crippen molar-refractivity contribution >= 4 is 0 Å². The molecule has 0 rings (SSSR count). The largest absolute Gasteiger partial charge is 0.394 e. The van der Waals surface area contributed by atoms with E-state index in [1.807, 2.05) is 0 Å². The fourth-order valence-electron chi connectivity index (χ4n) is 3.07. The summed E-state index contributed by atoms with van der Waals surface area (Å²) in [6.45, 7) is 4.05. The molecule has 0 radical (unpaired) electrons. The van der Waals surface area contributed by atoms with Crippen LogP contribution < -0.4 is 0 Å². The topological polar surface area (TPSA) is 58.9 Å². The van der Waals surface area contributed by atoms with Gasteiger partial charge in [-0.2, -0.15) is 0 Å². The molecule has 4 heteroatoms. The van der Waals surface area contributed by atoms with Crippen molar-refractivity contribution < 1.29 is 19.7 Å². The molecule has 0 aliphatic heterocycles. The summed E-state index contributed by atoms with van der Waals surface area (Å²) in [4.78, 5) is 0. The summed E-state index contributed by atoms with van der Waals surface area (Å²) in [6.07, 6.45) is 19.9. The second-order valence-electron chi connectivity index (χ2n) is 7.47. The Labute approximate surface area is 162 Å². The smallest absolute Gasteiger partial charge is 0.100 e. The van der Waals surface area contributed by atoms with Gasteiger partial charge in [0.2, 0.25) is 0 Å². The van der Waals surface area contributed by atoms with E-state index >= 15 is 0 Å². The van der Waals surface area contributed by atoms with Gasteiger partial charge in [-0.05, 0) is 6.42 Å². The monoisotopic (exact) mass is 374 g/mol. The van der Waals surface area contributed by atoms with Crippen LogP contribution in [0.2, 0.25) is 0 Å². The first-order valence-electron chi connectivity index (χ1n) is 11.3. The van der Waals surface area contributed by atoms with Crippen LogP contribution >= 0.6 is 0 Å². The Morgan fingerprint density at radius 2 is 1.00 bits per heavy atom. The molecule has 1 atom stereocenters. The van der Waals surface area contributed by atoms with Crippen LogP contribution in [-0.2, 0) is 9.47 Å². The lowest BCUT2D eigenvalue weighted by molar-refractivity contribution is -0.0150. The van der Waals surface area contributed by atoms with Crippen molar-refractivity contribution in [3.8, 4) is 0 Å². The van der Waals surface area contributed by atoms with E-state index < -0.39 is 6.10 Å². The molecule has 0 amide bonds. The van der Waals surface area contributed by atoms with Gasteiger partial charge in [0.15, 0.2) is 0 Å². The van der Waals surface area contributed by atoms with Crippen LogP contribution in [0.3, 0.4) is 0 Å². The second-order valence-corrected chi connectivity index (χ2v) is 7.47. The summed E-state index contributed by atoms with van der Waals surface area (Å²) in [5.74, 6) is 0. The average Bonchev–Trinajstić information content (AvgIpc) is 2.66. The van der Waals surface area contributed by atoms with Crippen molar-refractivity contribution in [2.75, 3.05) is 33.0 Å². The SMILES string of the molecule is CCCCCCCCCCCCCCCCCOCCOCC(O)CO. The van der Waals surface area contributed by atoms with Gasteiger partial charge in [-0.3, -0.25) is 0 Å². The Balaban J connectivity index is 2.99. The molecule has 0 spiro atoms. The zero-order chi connectivity index (χ0) is 19.1. The maximum atomic E-state index is 9.09. The highest BCUT2D eigenvalue weighted by Gasteiger charge is 2.00. The molecule has 0 aliphatic rings. The highest BCUT2D eigenvalue weighted by atomic mass is 16.5. The molecule has 158 valence electrons. The van der Waals surface area contributed by atoms with Crippen molar-refractivity contribution in [3.63, 3.8) is 0 Å². The molecular weight excluding hydrogens is 328 g/mol. The van der Waals surface area contributed by atoms with Crippen LogP contribution in [0.25, 0.3) is 0 Å². The zero-order valence-electron chi connectivity index (χ0n) is 17.4. The van der Waals surface area contributed by atoms with Crippen molar-refractivity contribution in [1.82, 2.24) is 0 Å². The molecule has 0 saturated heterocycles. The summed E-state index contributed by atoms with van der Waals surface area (Å²) in [7, 11) is 0. The summed E-state index contributed by atoms with van der Waals surface area (Å²) < 4.78 is 10.7. The van der Waals surface area contributed by atoms with E-state index in [4.69, 9.17) is 19.7 Å². The molecule has 0 heterocycles. The van der Waals surface area contributed by atoms with E-state index in [1.165, 1.54) is 89.9 Å². The average molecular weight is 375 g/mol. The van der Waals surface area contributed by atoms with Crippen molar-refractivity contribution in [1.29, 1.82) is 0 Å². The van der Waals surface area contributed by atoms with E-state index in [0.717, 1.165) is 13.0 Å². The van der Waals surface area contributed by atoms with E-state index in [-0.39, 0.29) is 13.2 Å². The minimum Gasteiger partial charge on any atom is -0.394 e. The molecule has 0 aromatic rings. The van der Waals surface area contributed by atoms with E-state index in [0.29, 0.717) is 13.2 Å². The standard InChI is InChI=1S/C22H46O4/c1-2-3-4-5-6-7-8-9-10-11-12-13-14-15-16-17-25-18-19-26-21-22(24)20-23/h22-24H,2-21H2,1H3. The summed E-state index contributed by atoms with van der Waals surface area (Å²) in [6, 6.07) is 0. The van der Waals surface area contributed by atoms with Crippen LogP contribution in [0.1, 0.15) is 103 Å². The second kappa shape index (κ2) is 22.9. The van der Waals surface area contributed by atoms with Crippen molar-refractivity contribution in [2.24, 2.45) is 0 Å². The Bertz CT molecular complexity index is 248. The number of aliphatic hydroxyl groups is 2. The van der Waals surface area contributed by atoms with E-state index in [9.17, 15) is 0 Å². The molecule has 2 N–H and O–H groups in total. The number of ether oxygens (including phenoxy) is 2. The zero-order valence-corrected chi connectivity index (χ0v) is 17.4. The molecule has 0 saturated carbocycles. The quantitative estimate of drug-likeness (QED) is 0.254. The van der Waals surface area contributed by atoms with E-state index in [2.05, 4.69) is 6.92 Å². The summed E-state index contributed by atoms with van der Waals surface area (Å²) >= 11 is 0. The van der Waals surface area contributed by atoms with Gasteiger partial charge in [0.05, 0.1) is 26.4 Å². The van der Waals surface area contributed by atoms with Gasteiger partial charge in [0.1, 0.15) is 6.10 Å². The lowest BCUT2D eigenvalue weighted by atomic mass is 10.0. The van der Waals surface area contributed by atoms with Crippen LogP contribution in [-0.4, -0.2) is 49.4 Å². The molecule has 0 aliphatic carbocycles. The van der Waals surface area contributed by atoms with Crippen molar-refractivity contribution in [3.05, 3.63) is 0 Å². The minimum atomic E-state index is -0.773. The molecule has 1 unspecified atom stereocenters. The number of rotatable bonds is 22. The van der Waals surface area contributed by atoms with Gasteiger partial charge >= 0.3 is 0 Å². The normalized spacial score (nSPS) is 12.6. The fourth-order valence-corrected chi connectivity index (χ4v) is 3.07. The maximum Gasteiger partial charge on any atom is 0.100 e. The number of hydrogen-bond acceptors (Lipinski definition) is 4. The Kier molecular flexibility index (Phi) is 22.7. The van der Waals surface area contributed by atoms with Crippen LogP contribution in [0.15, 0.2) is 0 Å². The van der Waals surface area contributed by atoms with Gasteiger partial charge in [-0.1, -0.05) is 96.8 Å². The molecule has 26 heavy (non-hydrogen) atoms. The van der Waals surface area contributed by atoms with Gasteiger partial charge in [-0.25, -0.2) is 0 Å². The third kappa shape index (κ3) is 21.9. The predicted molar refractivity (Wildman–Crippen MR) is 110 cm³/mol. The predicted octanol–water partition coefficient (Wildman–Crippen LogP) is 5.24. The number of aliphatic hydroxyl groups excluding tert-OH is 2. The third-order valence-corrected chi connectivity index (χ3v) is 4.79. The number of hydrogen-bond donors (Lipinski definition) is 2. The first-order valence-corrected chi connectivity index (χ1v) is 11.3. The van der Waals surface area contributed by atoms with Gasteiger partial charge in [0, 0.05) is 6.61 Å². The Morgan fingerprint density at radius 1 is 0.577 bits per heavy atom. The van der Waals surface area contributed by atoms with Gasteiger partial charge in [0.25, 0.3) is 0 Å². The molecule has 0 aromatic heterocycles. The lowest BCUT2D eigenvalue weighted by Crippen LogP contribution is -2.20. The van der Waals surface area contributed by atoms with Gasteiger partial charge in [-0.15, -0.1) is 0 Å². The van der Waals surface area contributed by atoms with Crippen molar-refractivity contribution in [2.45, 2.75) is 109 Å². The molecule has 0 aromatic carbocycles. The van der Waals surface area contributed by atoms with Crippen LogP contribution in [0.5, 0.6) is 0 Å².